The van der Waals surface area contributed by atoms with Crippen molar-refractivity contribution in [3.05, 3.63) is 94.5 Å². The summed E-state index contributed by atoms with van der Waals surface area (Å²) in [5.74, 6) is 0.480. The number of rotatable bonds is 8. The molecule has 9 heteroatoms. The van der Waals surface area contributed by atoms with Gasteiger partial charge in [-0.15, -0.1) is 0 Å². The van der Waals surface area contributed by atoms with Gasteiger partial charge in [-0.25, -0.2) is 14.6 Å². The Kier molecular flexibility index (Phi) is 8.06. The van der Waals surface area contributed by atoms with Crippen molar-refractivity contribution in [2.75, 3.05) is 25.6 Å². The molecular weight excluding hydrogens is 484 g/mol. The summed E-state index contributed by atoms with van der Waals surface area (Å²) < 4.78 is 12.1. The standard InChI is InChI=1S/C29H30N4O5/c1-5-32(29(36)30-21-17-15-20(16-18-21)28(35)38-6-2)19(3)26-31-23-12-8-7-11-22(23)27(34)33(26)24-13-9-10-14-25(24)37-4/h7-19H,5-6H2,1-4H3,(H,30,36). The summed E-state index contributed by atoms with van der Waals surface area (Å²) in [6.45, 7) is 6.05. The fourth-order valence-corrected chi connectivity index (χ4v) is 4.31. The predicted octanol–water partition coefficient (Wildman–Crippen LogP) is 5.19. The van der Waals surface area contributed by atoms with Crippen LogP contribution in [0.2, 0.25) is 0 Å². The van der Waals surface area contributed by atoms with Crippen LogP contribution >= 0.6 is 0 Å². The third kappa shape index (κ3) is 5.22. The Morgan fingerprint density at radius 3 is 2.37 bits per heavy atom. The Bertz CT molecular complexity index is 1510. The number of hydrogen-bond donors (Lipinski definition) is 1. The van der Waals surface area contributed by atoms with E-state index in [0.29, 0.717) is 46.0 Å². The largest absolute Gasteiger partial charge is 0.495 e. The number of hydrogen-bond acceptors (Lipinski definition) is 6. The number of ether oxygens (including phenoxy) is 2. The molecule has 1 unspecified atom stereocenters. The molecule has 9 nitrogen and oxygen atoms in total. The van der Waals surface area contributed by atoms with E-state index in [0.717, 1.165) is 0 Å². The first-order valence-corrected chi connectivity index (χ1v) is 12.4. The second kappa shape index (κ2) is 11.6. The van der Waals surface area contributed by atoms with Crippen molar-refractivity contribution in [3.63, 3.8) is 0 Å². The molecule has 4 aromatic rings. The highest BCUT2D eigenvalue weighted by molar-refractivity contribution is 5.92. The van der Waals surface area contributed by atoms with E-state index in [9.17, 15) is 14.4 Å². The normalized spacial score (nSPS) is 11.6. The molecule has 0 radical (unpaired) electrons. The van der Waals surface area contributed by atoms with Gasteiger partial charge in [0.15, 0.2) is 0 Å². The maximum absolute atomic E-state index is 13.7. The molecule has 0 fully saturated rings. The lowest BCUT2D eigenvalue weighted by Gasteiger charge is -2.30. The number of nitrogens with one attached hydrogen (secondary N) is 1. The molecule has 196 valence electrons. The van der Waals surface area contributed by atoms with Crippen LogP contribution in [0.3, 0.4) is 0 Å². The summed E-state index contributed by atoms with van der Waals surface area (Å²) >= 11 is 0. The smallest absolute Gasteiger partial charge is 0.338 e. The summed E-state index contributed by atoms with van der Waals surface area (Å²) in [7, 11) is 1.54. The molecule has 1 atom stereocenters. The Morgan fingerprint density at radius 1 is 1.00 bits per heavy atom. The molecule has 0 aliphatic carbocycles. The number of esters is 1. The van der Waals surface area contributed by atoms with Crippen molar-refractivity contribution >= 4 is 28.6 Å². The van der Waals surface area contributed by atoms with Gasteiger partial charge in [-0.3, -0.25) is 9.36 Å². The summed E-state index contributed by atoms with van der Waals surface area (Å²) in [4.78, 5) is 45.5. The summed E-state index contributed by atoms with van der Waals surface area (Å²) in [6, 6.07) is 19.8. The molecule has 3 aromatic carbocycles. The van der Waals surface area contributed by atoms with E-state index in [-0.39, 0.29) is 18.2 Å². The number of methoxy groups -OCH3 is 1. The molecule has 0 aliphatic heterocycles. The zero-order valence-corrected chi connectivity index (χ0v) is 21.8. The monoisotopic (exact) mass is 514 g/mol. The van der Waals surface area contributed by atoms with Gasteiger partial charge in [0.2, 0.25) is 0 Å². The van der Waals surface area contributed by atoms with Crippen molar-refractivity contribution in [2.45, 2.75) is 26.8 Å². The van der Waals surface area contributed by atoms with Gasteiger partial charge in [0.25, 0.3) is 5.56 Å². The number of aromatic nitrogens is 2. The molecule has 1 aromatic heterocycles. The first kappa shape index (κ1) is 26.4. The number of anilines is 1. The third-order valence-electron chi connectivity index (χ3n) is 6.22. The molecule has 0 bridgehead atoms. The molecule has 4 rings (SSSR count). The Morgan fingerprint density at radius 2 is 1.68 bits per heavy atom. The van der Waals surface area contributed by atoms with Crippen LogP contribution in [0, 0.1) is 0 Å². The quantitative estimate of drug-likeness (QED) is 0.325. The Labute approximate surface area is 220 Å². The van der Waals surface area contributed by atoms with Crippen LogP contribution in [0.1, 0.15) is 43.0 Å². The van der Waals surface area contributed by atoms with Crippen molar-refractivity contribution in [1.29, 1.82) is 0 Å². The van der Waals surface area contributed by atoms with E-state index in [4.69, 9.17) is 14.5 Å². The van der Waals surface area contributed by atoms with E-state index >= 15 is 0 Å². The third-order valence-corrected chi connectivity index (χ3v) is 6.22. The molecule has 2 amide bonds. The van der Waals surface area contributed by atoms with Crippen LogP contribution in [0.25, 0.3) is 16.6 Å². The fourth-order valence-electron chi connectivity index (χ4n) is 4.31. The molecule has 1 heterocycles. The lowest BCUT2D eigenvalue weighted by Crippen LogP contribution is -2.39. The van der Waals surface area contributed by atoms with E-state index in [1.165, 1.54) is 4.57 Å². The topological polar surface area (TPSA) is 103 Å². The number of urea groups is 1. The number of nitrogens with zero attached hydrogens (tertiary/aromatic N) is 3. The number of carbonyl (C=O) groups is 2. The molecule has 1 N–H and O–H groups in total. The lowest BCUT2D eigenvalue weighted by atomic mass is 10.1. The average molecular weight is 515 g/mol. The second-order valence-corrected chi connectivity index (χ2v) is 8.49. The minimum Gasteiger partial charge on any atom is -0.495 e. The minimum absolute atomic E-state index is 0.257. The van der Waals surface area contributed by atoms with Crippen LogP contribution in [0.4, 0.5) is 10.5 Å². The average Bonchev–Trinajstić information content (AvgIpc) is 2.94. The highest BCUT2D eigenvalue weighted by atomic mass is 16.5. The van der Waals surface area contributed by atoms with Crippen LogP contribution in [-0.2, 0) is 4.74 Å². The van der Waals surface area contributed by atoms with Crippen molar-refractivity contribution < 1.29 is 19.1 Å². The van der Waals surface area contributed by atoms with Gasteiger partial charge in [-0.2, -0.15) is 0 Å². The molecule has 0 saturated carbocycles. The SMILES string of the molecule is CCOC(=O)c1ccc(NC(=O)N(CC)C(C)c2nc3ccccc3c(=O)n2-c2ccccc2OC)cc1. The zero-order chi connectivity index (χ0) is 27.2. The van der Waals surface area contributed by atoms with Crippen molar-refractivity contribution in [3.8, 4) is 11.4 Å². The van der Waals surface area contributed by atoms with Crippen molar-refractivity contribution in [1.82, 2.24) is 14.5 Å². The Balaban J connectivity index is 1.72. The highest BCUT2D eigenvalue weighted by Gasteiger charge is 2.27. The minimum atomic E-state index is -0.582. The van der Waals surface area contributed by atoms with Gasteiger partial charge < -0.3 is 19.7 Å². The predicted molar refractivity (Wildman–Crippen MR) is 146 cm³/mol. The van der Waals surface area contributed by atoms with Crippen LogP contribution < -0.4 is 15.6 Å². The molecule has 0 aliphatic rings. The molecule has 0 saturated heterocycles. The number of fused-ring (bicyclic) bond motifs is 1. The highest BCUT2D eigenvalue weighted by Crippen LogP contribution is 2.28. The number of carbonyl (C=O) groups excluding carboxylic acids is 2. The van der Waals surface area contributed by atoms with E-state index < -0.39 is 12.0 Å². The van der Waals surface area contributed by atoms with Gasteiger partial charge >= 0.3 is 12.0 Å². The molecular formula is C29H30N4O5. The fraction of sp³-hybridized carbons (Fsp3) is 0.241. The zero-order valence-electron chi connectivity index (χ0n) is 21.8. The first-order chi connectivity index (χ1) is 18.4. The number of para-hydroxylation sites is 3. The number of amides is 2. The van der Waals surface area contributed by atoms with Crippen LogP contribution in [0.15, 0.2) is 77.6 Å². The van der Waals surface area contributed by atoms with E-state index in [1.54, 1.807) is 73.5 Å². The Hall–Kier alpha value is -4.66. The molecule has 38 heavy (non-hydrogen) atoms. The van der Waals surface area contributed by atoms with Crippen LogP contribution in [-0.4, -0.2) is 46.7 Å². The number of benzene rings is 3. The van der Waals surface area contributed by atoms with E-state index in [1.807, 2.05) is 32.0 Å². The summed E-state index contributed by atoms with van der Waals surface area (Å²) in [5, 5.41) is 3.33. The summed E-state index contributed by atoms with van der Waals surface area (Å²) in [5.41, 5.74) is 1.73. The molecule has 0 spiro atoms. The lowest BCUT2D eigenvalue weighted by molar-refractivity contribution is 0.0526. The van der Waals surface area contributed by atoms with Crippen LogP contribution in [0.5, 0.6) is 5.75 Å². The van der Waals surface area contributed by atoms with E-state index in [2.05, 4.69) is 5.32 Å². The van der Waals surface area contributed by atoms with Gasteiger partial charge in [0.1, 0.15) is 11.6 Å². The maximum Gasteiger partial charge on any atom is 0.338 e. The maximum atomic E-state index is 13.7. The van der Waals surface area contributed by atoms with Gasteiger partial charge in [-0.05, 0) is 69.3 Å². The van der Waals surface area contributed by atoms with Gasteiger partial charge in [0, 0.05) is 12.2 Å². The van der Waals surface area contributed by atoms with Crippen molar-refractivity contribution in [2.24, 2.45) is 0 Å². The van der Waals surface area contributed by atoms with Gasteiger partial charge in [-0.1, -0.05) is 24.3 Å². The first-order valence-electron chi connectivity index (χ1n) is 12.4. The summed E-state index contributed by atoms with van der Waals surface area (Å²) in [6.07, 6.45) is 0. The van der Waals surface area contributed by atoms with Gasteiger partial charge in [0.05, 0.1) is 41.9 Å². The second-order valence-electron chi connectivity index (χ2n) is 8.49.